The quantitative estimate of drug-likeness (QED) is 0.573. The molecule has 4 rings (SSSR count). The summed E-state index contributed by atoms with van der Waals surface area (Å²) in [6.45, 7) is 1.97. The second-order valence-electron chi connectivity index (χ2n) is 5.32. The lowest BCUT2D eigenvalue weighted by Crippen LogP contribution is -1.99. The normalized spacial score (nSPS) is 11.4. The van der Waals surface area contributed by atoms with Gasteiger partial charge in [0.15, 0.2) is 10.8 Å². The molecule has 0 atom stereocenters. The van der Waals surface area contributed by atoms with Crippen molar-refractivity contribution in [3.8, 4) is 10.7 Å². The fourth-order valence-corrected chi connectivity index (χ4v) is 3.50. The van der Waals surface area contributed by atoms with Gasteiger partial charge in [0, 0.05) is 18.5 Å². The number of benzene rings is 1. The molecular formula is C15H13ClN6S. The van der Waals surface area contributed by atoms with Crippen molar-refractivity contribution in [3.05, 3.63) is 52.4 Å². The standard InChI is InChI=1S/C15H13ClN6S/c1-9-7-12(21(2)19-9)14-20-22-13(17-18-15(22)23-14)8-10-3-5-11(16)6-4-10/h3-7H,8H2,1-2H3. The lowest BCUT2D eigenvalue weighted by molar-refractivity contribution is 0.759. The van der Waals surface area contributed by atoms with Gasteiger partial charge in [-0.3, -0.25) is 4.68 Å². The van der Waals surface area contributed by atoms with Crippen LogP contribution in [0.5, 0.6) is 0 Å². The van der Waals surface area contributed by atoms with E-state index in [1.807, 2.05) is 49.0 Å². The van der Waals surface area contributed by atoms with E-state index in [9.17, 15) is 0 Å². The minimum absolute atomic E-state index is 0.659. The Balaban J connectivity index is 1.72. The van der Waals surface area contributed by atoms with Gasteiger partial charge in [-0.2, -0.15) is 14.7 Å². The van der Waals surface area contributed by atoms with Crippen LogP contribution in [0.15, 0.2) is 30.3 Å². The smallest absolute Gasteiger partial charge is 0.235 e. The van der Waals surface area contributed by atoms with E-state index in [0.29, 0.717) is 6.42 Å². The van der Waals surface area contributed by atoms with Gasteiger partial charge in [-0.1, -0.05) is 35.1 Å². The molecule has 0 N–H and O–H groups in total. The predicted molar refractivity (Wildman–Crippen MR) is 89.9 cm³/mol. The van der Waals surface area contributed by atoms with Crippen LogP contribution >= 0.6 is 22.9 Å². The van der Waals surface area contributed by atoms with Gasteiger partial charge in [0.2, 0.25) is 4.96 Å². The van der Waals surface area contributed by atoms with Gasteiger partial charge in [0.1, 0.15) is 0 Å². The van der Waals surface area contributed by atoms with Gasteiger partial charge in [-0.05, 0) is 30.7 Å². The number of hydrogen-bond acceptors (Lipinski definition) is 5. The molecule has 8 heteroatoms. The predicted octanol–water partition coefficient (Wildman–Crippen LogP) is 3.14. The molecule has 0 saturated carbocycles. The minimum atomic E-state index is 0.659. The number of hydrogen-bond donors (Lipinski definition) is 0. The molecule has 3 aromatic heterocycles. The molecule has 4 aromatic rings. The van der Waals surface area contributed by atoms with E-state index in [0.717, 1.165) is 37.8 Å². The van der Waals surface area contributed by atoms with Crippen molar-refractivity contribution in [1.82, 2.24) is 29.6 Å². The van der Waals surface area contributed by atoms with E-state index in [-0.39, 0.29) is 0 Å². The summed E-state index contributed by atoms with van der Waals surface area (Å²) in [5.41, 5.74) is 3.07. The van der Waals surface area contributed by atoms with Crippen LogP contribution in [0.25, 0.3) is 15.7 Å². The van der Waals surface area contributed by atoms with Crippen LogP contribution in [0.2, 0.25) is 5.02 Å². The van der Waals surface area contributed by atoms with Crippen molar-refractivity contribution in [2.75, 3.05) is 0 Å². The molecule has 23 heavy (non-hydrogen) atoms. The van der Waals surface area contributed by atoms with Gasteiger partial charge in [0.05, 0.1) is 11.4 Å². The van der Waals surface area contributed by atoms with Gasteiger partial charge >= 0.3 is 0 Å². The first-order valence-corrected chi connectivity index (χ1v) is 8.26. The molecule has 0 unspecified atom stereocenters. The van der Waals surface area contributed by atoms with Crippen LogP contribution in [-0.2, 0) is 13.5 Å². The SMILES string of the molecule is Cc1cc(-c2nn3c(Cc4ccc(Cl)cc4)nnc3s2)n(C)n1. The van der Waals surface area contributed by atoms with Gasteiger partial charge in [-0.15, -0.1) is 10.2 Å². The Morgan fingerprint density at radius 2 is 1.91 bits per heavy atom. The molecule has 0 fully saturated rings. The van der Waals surface area contributed by atoms with Crippen LogP contribution in [-0.4, -0.2) is 29.6 Å². The fraction of sp³-hybridized carbons (Fsp3) is 0.200. The van der Waals surface area contributed by atoms with E-state index in [2.05, 4.69) is 20.4 Å². The zero-order valence-electron chi connectivity index (χ0n) is 12.6. The third-order valence-electron chi connectivity index (χ3n) is 3.55. The van der Waals surface area contributed by atoms with E-state index in [1.165, 1.54) is 11.3 Å². The lowest BCUT2D eigenvalue weighted by atomic mass is 10.1. The molecule has 116 valence electrons. The number of aromatic nitrogens is 6. The maximum atomic E-state index is 5.92. The maximum Gasteiger partial charge on any atom is 0.235 e. The van der Waals surface area contributed by atoms with E-state index >= 15 is 0 Å². The van der Waals surface area contributed by atoms with Crippen LogP contribution in [0.1, 0.15) is 17.1 Å². The highest BCUT2D eigenvalue weighted by Gasteiger charge is 2.15. The molecular weight excluding hydrogens is 332 g/mol. The van der Waals surface area contributed by atoms with Crippen molar-refractivity contribution in [2.45, 2.75) is 13.3 Å². The monoisotopic (exact) mass is 344 g/mol. The number of fused-ring (bicyclic) bond motifs is 1. The molecule has 0 aliphatic heterocycles. The zero-order chi connectivity index (χ0) is 16.0. The second kappa shape index (κ2) is 5.43. The van der Waals surface area contributed by atoms with E-state index < -0.39 is 0 Å². The van der Waals surface area contributed by atoms with Crippen LogP contribution in [0, 0.1) is 6.92 Å². The molecule has 0 radical (unpaired) electrons. The first-order valence-electron chi connectivity index (χ1n) is 7.07. The summed E-state index contributed by atoms with van der Waals surface area (Å²) in [5.74, 6) is 0.809. The molecule has 0 bridgehead atoms. The molecule has 0 saturated heterocycles. The van der Waals surface area contributed by atoms with Gasteiger partial charge in [0.25, 0.3) is 0 Å². The first kappa shape index (κ1) is 14.3. The van der Waals surface area contributed by atoms with Crippen molar-refractivity contribution in [1.29, 1.82) is 0 Å². The average Bonchev–Trinajstić information content (AvgIpc) is 3.17. The van der Waals surface area contributed by atoms with Gasteiger partial charge < -0.3 is 0 Å². The summed E-state index contributed by atoms with van der Waals surface area (Å²) >= 11 is 7.43. The molecule has 1 aromatic carbocycles. The summed E-state index contributed by atoms with van der Waals surface area (Å²) in [6.07, 6.45) is 0.659. The van der Waals surface area contributed by atoms with Crippen LogP contribution < -0.4 is 0 Å². The number of halogens is 1. The Bertz CT molecular complexity index is 981. The number of nitrogens with zero attached hydrogens (tertiary/aromatic N) is 6. The van der Waals surface area contributed by atoms with Crippen LogP contribution in [0.4, 0.5) is 0 Å². The minimum Gasteiger partial charge on any atom is -0.265 e. The maximum absolute atomic E-state index is 5.92. The third kappa shape index (κ3) is 2.62. The first-order chi connectivity index (χ1) is 11.1. The fourth-order valence-electron chi connectivity index (χ4n) is 2.47. The molecule has 6 nitrogen and oxygen atoms in total. The Morgan fingerprint density at radius 1 is 1.13 bits per heavy atom. The van der Waals surface area contributed by atoms with Crippen molar-refractivity contribution >= 4 is 27.9 Å². The second-order valence-corrected chi connectivity index (χ2v) is 6.71. The van der Waals surface area contributed by atoms with E-state index in [1.54, 1.807) is 4.52 Å². The van der Waals surface area contributed by atoms with Crippen molar-refractivity contribution in [3.63, 3.8) is 0 Å². The third-order valence-corrected chi connectivity index (χ3v) is 4.73. The average molecular weight is 345 g/mol. The Morgan fingerprint density at radius 3 is 2.61 bits per heavy atom. The zero-order valence-corrected chi connectivity index (χ0v) is 14.1. The van der Waals surface area contributed by atoms with Crippen LogP contribution in [0.3, 0.4) is 0 Å². The summed E-state index contributed by atoms with van der Waals surface area (Å²) in [4.78, 5) is 0.780. The highest BCUT2D eigenvalue weighted by Crippen LogP contribution is 2.26. The Kier molecular flexibility index (Phi) is 3.39. The van der Waals surface area contributed by atoms with Crippen molar-refractivity contribution < 1.29 is 0 Å². The number of rotatable bonds is 3. The molecule has 0 amide bonds. The summed E-state index contributed by atoms with van der Waals surface area (Å²) in [6, 6.07) is 9.74. The lowest BCUT2D eigenvalue weighted by Gasteiger charge is -1.99. The topological polar surface area (TPSA) is 60.9 Å². The summed E-state index contributed by atoms with van der Waals surface area (Å²) in [5, 5.41) is 19.1. The van der Waals surface area contributed by atoms with Gasteiger partial charge in [-0.25, -0.2) is 0 Å². The molecule has 3 heterocycles. The molecule has 0 aliphatic rings. The highest BCUT2D eigenvalue weighted by atomic mass is 35.5. The van der Waals surface area contributed by atoms with Crippen molar-refractivity contribution in [2.24, 2.45) is 7.05 Å². The summed E-state index contributed by atoms with van der Waals surface area (Å²) in [7, 11) is 1.92. The Hall–Kier alpha value is -2.25. The Labute approximate surface area is 141 Å². The number of aryl methyl sites for hydroxylation is 2. The summed E-state index contributed by atoms with van der Waals surface area (Å²) < 4.78 is 3.64. The largest absolute Gasteiger partial charge is 0.265 e. The highest BCUT2D eigenvalue weighted by molar-refractivity contribution is 7.19. The molecule has 0 aliphatic carbocycles. The van der Waals surface area contributed by atoms with E-state index in [4.69, 9.17) is 11.6 Å². The molecule has 0 spiro atoms.